The normalized spacial score (nSPS) is 16.6. The van der Waals surface area contributed by atoms with E-state index in [0.717, 1.165) is 76.8 Å². The van der Waals surface area contributed by atoms with E-state index in [9.17, 15) is 4.79 Å². The zero-order valence-corrected chi connectivity index (χ0v) is 18.6. The number of nitrogens with zero attached hydrogens (tertiary/aromatic N) is 4. The van der Waals surface area contributed by atoms with E-state index in [-0.39, 0.29) is 6.03 Å². The average Bonchev–Trinajstić information content (AvgIpc) is 3.16. The van der Waals surface area contributed by atoms with Crippen molar-refractivity contribution < 1.29 is 4.79 Å². The number of urea groups is 1. The van der Waals surface area contributed by atoms with Crippen molar-refractivity contribution in [2.75, 3.05) is 54.9 Å². The zero-order chi connectivity index (χ0) is 21.5. The standard InChI is InChI=1S/C24H26ClN5O/c1-16-3-4-17-13-19(5-6-21(17)26-16)27-24(31)30-8-7-18-14-20(25)23(15-22(18)30)29-11-9-28(2)10-12-29/h3-6,13-15H,7-12H2,1-2H3,(H,27,31). The molecule has 1 aromatic heterocycles. The van der Waals surface area contributed by atoms with Gasteiger partial charge in [-0.15, -0.1) is 0 Å². The molecule has 5 rings (SSSR count). The first kappa shape index (κ1) is 20.1. The number of rotatable bonds is 2. The van der Waals surface area contributed by atoms with E-state index in [2.05, 4.69) is 33.2 Å². The first-order valence-electron chi connectivity index (χ1n) is 10.7. The number of aromatic nitrogens is 1. The lowest BCUT2D eigenvalue weighted by Crippen LogP contribution is -2.44. The summed E-state index contributed by atoms with van der Waals surface area (Å²) in [4.78, 5) is 24.1. The smallest absolute Gasteiger partial charge is 0.326 e. The molecule has 0 aliphatic carbocycles. The van der Waals surface area contributed by atoms with Crippen molar-refractivity contribution in [1.29, 1.82) is 0 Å². The highest BCUT2D eigenvalue weighted by Crippen LogP contribution is 2.38. The van der Waals surface area contributed by atoms with Crippen LogP contribution in [0.5, 0.6) is 0 Å². The van der Waals surface area contributed by atoms with E-state index in [1.807, 2.05) is 48.2 Å². The summed E-state index contributed by atoms with van der Waals surface area (Å²) in [6.07, 6.45) is 0.812. The van der Waals surface area contributed by atoms with Crippen LogP contribution in [0.25, 0.3) is 10.9 Å². The van der Waals surface area contributed by atoms with Gasteiger partial charge in [0, 0.05) is 49.5 Å². The van der Waals surface area contributed by atoms with Crippen LogP contribution in [0.15, 0.2) is 42.5 Å². The number of hydrogen-bond donors (Lipinski definition) is 1. The predicted octanol–water partition coefficient (Wildman–Crippen LogP) is 4.54. The first-order valence-corrected chi connectivity index (χ1v) is 11.1. The summed E-state index contributed by atoms with van der Waals surface area (Å²) in [6.45, 7) is 6.51. The Morgan fingerprint density at radius 2 is 1.81 bits per heavy atom. The third-order valence-corrected chi connectivity index (χ3v) is 6.52. The van der Waals surface area contributed by atoms with Gasteiger partial charge < -0.3 is 15.1 Å². The molecule has 1 fully saturated rings. The molecule has 0 saturated carbocycles. The molecular weight excluding hydrogens is 410 g/mol. The molecule has 2 aliphatic heterocycles. The predicted molar refractivity (Wildman–Crippen MR) is 128 cm³/mol. The fraction of sp³-hybridized carbons (Fsp3) is 0.333. The lowest BCUT2D eigenvalue weighted by molar-refractivity contribution is 0.257. The van der Waals surface area contributed by atoms with Crippen LogP contribution in [0, 0.1) is 6.92 Å². The molecule has 0 bridgehead atoms. The second-order valence-electron chi connectivity index (χ2n) is 8.41. The van der Waals surface area contributed by atoms with E-state index < -0.39 is 0 Å². The molecule has 0 spiro atoms. The largest absolute Gasteiger partial charge is 0.368 e. The van der Waals surface area contributed by atoms with Crippen molar-refractivity contribution in [1.82, 2.24) is 9.88 Å². The third-order valence-electron chi connectivity index (χ3n) is 6.21. The van der Waals surface area contributed by atoms with Gasteiger partial charge in [0.05, 0.1) is 21.9 Å². The highest BCUT2D eigenvalue weighted by Gasteiger charge is 2.28. The number of halogens is 1. The van der Waals surface area contributed by atoms with E-state index in [4.69, 9.17) is 11.6 Å². The highest BCUT2D eigenvalue weighted by atomic mass is 35.5. The van der Waals surface area contributed by atoms with Gasteiger partial charge in [-0.3, -0.25) is 9.88 Å². The maximum absolute atomic E-state index is 13.1. The molecule has 0 radical (unpaired) electrons. The Morgan fingerprint density at radius 1 is 1.00 bits per heavy atom. The Labute approximate surface area is 187 Å². The number of amides is 2. The van der Waals surface area contributed by atoms with Crippen LogP contribution in [0.2, 0.25) is 5.02 Å². The van der Waals surface area contributed by atoms with Gasteiger partial charge in [-0.2, -0.15) is 0 Å². The van der Waals surface area contributed by atoms with Crippen LogP contribution < -0.4 is 15.1 Å². The van der Waals surface area contributed by atoms with Gasteiger partial charge in [-0.1, -0.05) is 17.7 Å². The summed E-state index contributed by atoms with van der Waals surface area (Å²) in [6, 6.07) is 13.8. The minimum Gasteiger partial charge on any atom is -0.368 e. The topological polar surface area (TPSA) is 51.7 Å². The number of pyridine rings is 1. The third kappa shape index (κ3) is 3.93. The molecule has 0 unspecified atom stereocenters. The Bertz CT molecular complexity index is 1160. The summed E-state index contributed by atoms with van der Waals surface area (Å²) in [5, 5.41) is 4.83. The average molecular weight is 436 g/mol. The molecule has 1 N–H and O–H groups in total. The molecule has 2 amide bonds. The fourth-order valence-corrected chi connectivity index (χ4v) is 4.70. The molecule has 3 aromatic rings. The van der Waals surface area contributed by atoms with E-state index in [0.29, 0.717) is 6.54 Å². The second kappa shape index (κ2) is 8.02. The van der Waals surface area contributed by atoms with Crippen molar-refractivity contribution in [2.24, 2.45) is 0 Å². The monoisotopic (exact) mass is 435 g/mol. The maximum Gasteiger partial charge on any atom is 0.326 e. The van der Waals surface area contributed by atoms with Crippen LogP contribution in [0.3, 0.4) is 0 Å². The van der Waals surface area contributed by atoms with Gasteiger partial charge in [0.25, 0.3) is 0 Å². The summed E-state index contributed by atoms with van der Waals surface area (Å²) in [7, 11) is 2.14. The summed E-state index contributed by atoms with van der Waals surface area (Å²) in [5.41, 5.74) is 5.76. The van der Waals surface area contributed by atoms with Crippen LogP contribution in [0.1, 0.15) is 11.3 Å². The van der Waals surface area contributed by atoms with E-state index >= 15 is 0 Å². The van der Waals surface area contributed by atoms with Gasteiger partial charge in [0.15, 0.2) is 0 Å². The molecule has 7 heteroatoms. The Morgan fingerprint density at radius 3 is 2.61 bits per heavy atom. The zero-order valence-electron chi connectivity index (χ0n) is 17.9. The van der Waals surface area contributed by atoms with Crippen molar-refractivity contribution in [3.63, 3.8) is 0 Å². The summed E-state index contributed by atoms with van der Waals surface area (Å²) < 4.78 is 0. The number of carbonyl (C=O) groups is 1. The number of piperazine rings is 1. The molecule has 160 valence electrons. The second-order valence-corrected chi connectivity index (χ2v) is 8.82. The molecule has 2 aromatic carbocycles. The van der Waals surface area contributed by atoms with Crippen molar-refractivity contribution in [2.45, 2.75) is 13.3 Å². The molecule has 2 aliphatic rings. The van der Waals surface area contributed by atoms with Gasteiger partial charge in [0.2, 0.25) is 0 Å². The number of hydrogen-bond acceptors (Lipinski definition) is 4. The van der Waals surface area contributed by atoms with Gasteiger partial charge in [-0.05, 0) is 62.4 Å². The van der Waals surface area contributed by atoms with Crippen LogP contribution in [-0.4, -0.2) is 55.7 Å². The van der Waals surface area contributed by atoms with E-state index in [1.165, 1.54) is 0 Å². The number of anilines is 3. The fourth-order valence-electron chi connectivity index (χ4n) is 4.39. The number of benzene rings is 2. The maximum atomic E-state index is 13.1. The van der Waals surface area contributed by atoms with Crippen molar-refractivity contribution in [3.05, 3.63) is 58.7 Å². The Hall–Kier alpha value is -2.83. The minimum absolute atomic E-state index is 0.121. The minimum atomic E-state index is -0.121. The SMILES string of the molecule is Cc1ccc2cc(NC(=O)N3CCc4cc(Cl)c(N5CCN(C)CC5)cc43)ccc2n1. The number of likely N-dealkylation sites (N-methyl/N-ethyl adjacent to an activating group) is 1. The van der Waals surface area contributed by atoms with Gasteiger partial charge >= 0.3 is 6.03 Å². The molecule has 3 heterocycles. The van der Waals surface area contributed by atoms with Crippen LogP contribution in [-0.2, 0) is 6.42 Å². The number of aryl methyl sites for hydroxylation is 1. The van der Waals surface area contributed by atoms with Gasteiger partial charge in [-0.25, -0.2) is 4.79 Å². The Balaban J connectivity index is 1.38. The van der Waals surface area contributed by atoms with E-state index in [1.54, 1.807) is 0 Å². The Kier molecular flexibility index (Phi) is 5.20. The van der Waals surface area contributed by atoms with Crippen molar-refractivity contribution in [3.8, 4) is 0 Å². The quantitative estimate of drug-likeness (QED) is 0.642. The summed E-state index contributed by atoms with van der Waals surface area (Å²) >= 11 is 6.62. The molecule has 6 nitrogen and oxygen atoms in total. The number of nitrogens with one attached hydrogen (secondary N) is 1. The van der Waals surface area contributed by atoms with Crippen molar-refractivity contribution >= 4 is 45.6 Å². The number of carbonyl (C=O) groups excluding carboxylic acids is 1. The first-order chi connectivity index (χ1) is 15.0. The molecule has 1 saturated heterocycles. The highest BCUT2D eigenvalue weighted by molar-refractivity contribution is 6.33. The number of fused-ring (bicyclic) bond motifs is 2. The lowest BCUT2D eigenvalue weighted by Gasteiger charge is -2.35. The van der Waals surface area contributed by atoms with Crippen LogP contribution in [0.4, 0.5) is 21.9 Å². The summed E-state index contributed by atoms with van der Waals surface area (Å²) in [5.74, 6) is 0. The molecule has 0 atom stereocenters. The molecule has 31 heavy (non-hydrogen) atoms. The van der Waals surface area contributed by atoms with Crippen LogP contribution >= 0.6 is 11.6 Å². The lowest BCUT2D eigenvalue weighted by atomic mass is 10.1. The molecular formula is C24H26ClN5O. The van der Waals surface area contributed by atoms with Gasteiger partial charge in [0.1, 0.15) is 0 Å².